The molecule has 0 aromatic heterocycles. The van der Waals surface area contributed by atoms with E-state index < -0.39 is 28.5 Å². The number of carbonyl (C=O) groups is 2. The Morgan fingerprint density at radius 3 is 2.19 bits per heavy atom. The Balaban J connectivity index is 1.86. The third-order valence-electron chi connectivity index (χ3n) is 5.99. The Hall–Kier alpha value is -4.20. The first kappa shape index (κ1) is 24.9. The van der Waals surface area contributed by atoms with E-state index in [1.165, 1.54) is 17.0 Å². The van der Waals surface area contributed by atoms with Gasteiger partial charge in [-0.1, -0.05) is 60.7 Å². The quantitative estimate of drug-likeness (QED) is 0.391. The average molecular weight is 487 g/mol. The van der Waals surface area contributed by atoms with E-state index in [4.69, 9.17) is 0 Å². The highest BCUT2D eigenvalue weighted by molar-refractivity contribution is 5.95. The number of hydrogen-bond acceptors (Lipinski definition) is 5. The van der Waals surface area contributed by atoms with E-state index in [2.05, 4.69) is 10.6 Å². The van der Waals surface area contributed by atoms with Crippen LogP contribution in [0.5, 0.6) is 0 Å². The highest BCUT2D eigenvalue weighted by Gasteiger charge is 2.41. The number of non-ortho nitro benzene ring substituents is 1. The maximum atomic E-state index is 14.1. The van der Waals surface area contributed by atoms with Crippen molar-refractivity contribution in [2.45, 2.75) is 51.4 Å². The molecule has 8 heteroatoms. The molecule has 0 radical (unpaired) electrons. The summed E-state index contributed by atoms with van der Waals surface area (Å²) in [6.07, 6.45) is 0.398. The minimum absolute atomic E-state index is 0.141. The van der Waals surface area contributed by atoms with Crippen molar-refractivity contribution in [3.05, 3.63) is 106 Å². The minimum atomic E-state index is -1.06. The van der Waals surface area contributed by atoms with Crippen LogP contribution in [0.1, 0.15) is 43.5 Å². The number of anilines is 1. The van der Waals surface area contributed by atoms with Crippen molar-refractivity contribution in [2.24, 2.45) is 0 Å². The van der Waals surface area contributed by atoms with Crippen LogP contribution in [0, 0.1) is 10.1 Å². The lowest BCUT2D eigenvalue weighted by molar-refractivity contribution is -0.384. The number of fused-ring (bicyclic) bond motifs is 1. The summed E-state index contributed by atoms with van der Waals surface area (Å²) in [4.78, 5) is 40.5. The van der Waals surface area contributed by atoms with Crippen molar-refractivity contribution in [1.82, 2.24) is 10.2 Å². The second kappa shape index (κ2) is 10.2. The van der Waals surface area contributed by atoms with E-state index in [-0.39, 0.29) is 18.1 Å². The predicted octanol–water partition coefficient (Wildman–Crippen LogP) is 4.62. The van der Waals surface area contributed by atoms with E-state index in [1.807, 2.05) is 81.4 Å². The summed E-state index contributed by atoms with van der Waals surface area (Å²) in [5.41, 5.74) is 2.03. The molecular formula is C28H30N4O4. The number of nitro groups is 1. The van der Waals surface area contributed by atoms with Crippen LogP contribution in [0.15, 0.2) is 78.9 Å². The predicted molar refractivity (Wildman–Crippen MR) is 138 cm³/mol. The third kappa shape index (κ3) is 5.71. The second-order valence-corrected chi connectivity index (χ2v) is 10.0. The lowest BCUT2D eigenvalue weighted by atomic mass is 9.99. The van der Waals surface area contributed by atoms with Gasteiger partial charge < -0.3 is 15.5 Å². The normalized spacial score (nSPS) is 17.5. The maximum Gasteiger partial charge on any atom is 0.269 e. The van der Waals surface area contributed by atoms with Crippen LogP contribution in [0.25, 0.3) is 0 Å². The van der Waals surface area contributed by atoms with Gasteiger partial charge in [0.05, 0.1) is 4.92 Å². The molecule has 1 aliphatic heterocycles. The number of nitro benzene ring substituents is 1. The van der Waals surface area contributed by atoms with Crippen molar-refractivity contribution in [3.8, 4) is 0 Å². The zero-order chi connectivity index (χ0) is 25.9. The molecular weight excluding hydrogens is 456 g/mol. The monoisotopic (exact) mass is 486 g/mol. The van der Waals surface area contributed by atoms with Crippen LogP contribution in [0.3, 0.4) is 0 Å². The molecule has 186 valence electrons. The minimum Gasteiger partial charge on any atom is -0.373 e. The second-order valence-electron chi connectivity index (χ2n) is 10.0. The number of hydrogen-bond donors (Lipinski definition) is 2. The van der Waals surface area contributed by atoms with Gasteiger partial charge in [0.2, 0.25) is 11.8 Å². The fraction of sp³-hybridized carbons (Fsp3) is 0.286. The molecule has 1 aliphatic rings. The number of nitrogens with zero attached hydrogens (tertiary/aromatic N) is 2. The van der Waals surface area contributed by atoms with Crippen molar-refractivity contribution in [1.29, 1.82) is 0 Å². The maximum absolute atomic E-state index is 14.1. The molecule has 0 saturated heterocycles. The summed E-state index contributed by atoms with van der Waals surface area (Å²) in [7, 11) is 0. The van der Waals surface area contributed by atoms with Gasteiger partial charge in [0.25, 0.3) is 5.69 Å². The fourth-order valence-electron chi connectivity index (χ4n) is 4.42. The molecule has 2 N–H and O–H groups in total. The van der Waals surface area contributed by atoms with Crippen molar-refractivity contribution in [3.63, 3.8) is 0 Å². The molecule has 0 saturated carbocycles. The summed E-state index contributed by atoms with van der Waals surface area (Å²) >= 11 is 0. The smallest absolute Gasteiger partial charge is 0.269 e. The molecule has 0 aliphatic carbocycles. The van der Waals surface area contributed by atoms with Gasteiger partial charge in [-0.3, -0.25) is 19.7 Å². The SMILES string of the molecule is CC(C)(C)NC(=O)C1c2cc([N+](=O)[O-])ccc2N[C@@H](Cc2ccccc2)C(=O)N1Cc1ccccc1. The van der Waals surface area contributed by atoms with Gasteiger partial charge in [0, 0.05) is 41.9 Å². The van der Waals surface area contributed by atoms with Crippen molar-refractivity contribution in [2.75, 3.05) is 5.32 Å². The van der Waals surface area contributed by atoms with Gasteiger partial charge >= 0.3 is 0 Å². The molecule has 0 bridgehead atoms. The molecule has 0 fully saturated rings. The highest BCUT2D eigenvalue weighted by atomic mass is 16.6. The molecule has 2 atom stereocenters. The zero-order valence-corrected chi connectivity index (χ0v) is 20.6. The summed E-state index contributed by atoms with van der Waals surface area (Å²) in [6.45, 7) is 5.75. The molecule has 36 heavy (non-hydrogen) atoms. The van der Waals surface area contributed by atoms with Crippen LogP contribution in [0.2, 0.25) is 0 Å². The average Bonchev–Trinajstić information content (AvgIpc) is 2.94. The Bertz CT molecular complexity index is 1260. The Morgan fingerprint density at radius 1 is 1.00 bits per heavy atom. The number of carbonyl (C=O) groups excluding carboxylic acids is 2. The lowest BCUT2D eigenvalue weighted by Crippen LogP contribution is -2.50. The molecule has 2 amide bonds. The van der Waals surface area contributed by atoms with E-state index in [9.17, 15) is 19.7 Å². The Morgan fingerprint density at radius 2 is 1.61 bits per heavy atom. The number of benzene rings is 3. The lowest BCUT2D eigenvalue weighted by Gasteiger charge is -2.33. The molecule has 1 unspecified atom stereocenters. The summed E-state index contributed by atoms with van der Waals surface area (Å²) in [5.74, 6) is -0.647. The van der Waals surface area contributed by atoms with Crippen LogP contribution in [0.4, 0.5) is 11.4 Å². The molecule has 3 aromatic rings. The first-order chi connectivity index (χ1) is 17.1. The van der Waals surface area contributed by atoms with Gasteiger partial charge in [-0.15, -0.1) is 0 Å². The molecule has 0 spiro atoms. The van der Waals surface area contributed by atoms with Crippen LogP contribution in [-0.2, 0) is 22.6 Å². The van der Waals surface area contributed by atoms with E-state index in [0.29, 0.717) is 17.7 Å². The highest BCUT2D eigenvalue weighted by Crippen LogP contribution is 2.37. The largest absolute Gasteiger partial charge is 0.373 e. The first-order valence-corrected chi connectivity index (χ1v) is 11.9. The number of rotatable bonds is 6. The topological polar surface area (TPSA) is 105 Å². The van der Waals surface area contributed by atoms with E-state index in [0.717, 1.165) is 11.1 Å². The molecule has 3 aromatic carbocycles. The van der Waals surface area contributed by atoms with E-state index in [1.54, 1.807) is 6.07 Å². The van der Waals surface area contributed by atoms with Crippen LogP contribution in [-0.4, -0.2) is 33.2 Å². The number of nitrogens with one attached hydrogen (secondary N) is 2. The molecule has 8 nitrogen and oxygen atoms in total. The molecule has 4 rings (SSSR count). The summed E-state index contributed by atoms with van der Waals surface area (Å²) in [6, 6.07) is 21.7. The summed E-state index contributed by atoms with van der Waals surface area (Å²) < 4.78 is 0. The van der Waals surface area contributed by atoms with Gasteiger partial charge in [-0.2, -0.15) is 0 Å². The number of amides is 2. The van der Waals surface area contributed by atoms with Crippen molar-refractivity contribution < 1.29 is 14.5 Å². The summed E-state index contributed by atoms with van der Waals surface area (Å²) in [5, 5.41) is 17.9. The zero-order valence-electron chi connectivity index (χ0n) is 20.6. The van der Waals surface area contributed by atoms with Crippen LogP contribution >= 0.6 is 0 Å². The Kier molecular flexibility index (Phi) is 7.05. The van der Waals surface area contributed by atoms with Crippen molar-refractivity contribution >= 4 is 23.2 Å². The van der Waals surface area contributed by atoms with Gasteiger partial charge in [0.1, 0.15) is 12.1 Å². The third-order valence-corrected chi connectivity index (χ3v) is 5.99. The van der Waals surface area contributed by atoms with E-state index >= 15 is 0 Å². The van der Waals surface area contributed by atoms with Gasteiger partial charge in [-0.05, 0) is 38.0 Å². The van der Waals surface area contributed by atoms with Gasteiger partial charge in [-0.25, -0.2) is 0 Å². The fourth-order valence-corrected chi connectivity index (χ4v) is 4.42. The van der Waals surface area contributed by atoms with Crippen LogP contribution < -0.4 is 10.6 Å². The first-order valence-electron chi connectivity index (χ1n) is 11.9. The molecule has 1 heterocycles. The standard InChI is InChI=1S/C28H30N4O4/c1-28(2,3)30-26(33)25-22-17-21(32(35)36)14-15-23(22)29-24(16-19-10-6-4-7-11-19)27(34)31(25)18-20-12-8-5-9-13-20/h4-15,17,24-25,29H,16,18H2,1-3H3,(H,30,33)/t24-,25?/m0/s1. The van der Waals surface area contributed by atoms with Gasteiger partial charge in [0.15, 0.2) is 0 Å². The Labute approximate surface area is 210 Å².